The Morgan fingerprint density at radius 3 is 3.00 bits per heavy atom. The second-order valence-electron chi connectivity index (χ2n) is 0.678. The van der Waals surface area contributed by atoms with Crippen LogP contribution in [0.15, 0.2) is 0 Å². The molecule has 0 rings (SSSR count). The van der Waals surface area contributed by atoms with Crippen molar-refractivity contribution >= 4 is 18.1 Å². The molecule has 7 heavy (non-hydrogen) atoms. The van der Waals surface area contributed by atoms with Gasteiger partial charge in [0.2, 0.25) is 0 Å². The average Bonchev–Trinajstić information content (AvgIpc) is 1.69. The first-order valence-electron chi connectivity index (χ1n) is 1.55. The number of carbonyl (C=O) groups is 1. The Kier molecular flexibility index (Phi) is 4.80. The minimum atomic E-state index is 0.0764. The summed E-state index contributed by atoms with van der Waals surface area (Å²) in [4.78, 5) is 9.35. The molecule has 0 aromatic heterocycles. The number of hydrogen-bond donors (Lipinski definition) is 0. The molecule has 3 heteroatoms. The average molecular weight is 119 g/mol. The lowest BCUT2D eigenvalue weighted by Gasteiger charge is -1.80. The summed E-state index contributed by atoms with van der Waals surface area (Å²) in [6.45, 7) is 0.397. The maximum atomic E-state index is 9.35. The number of rotatable bonds is 2. The zero-order chi connectivity index (χ0) is 5.54. The molecule has 0 aliphatic heterocycles. The van der Waals surface area contributed by atoms with Crippen LogP contribution in [0.2, 0.25) is 0 Å². The topological polar surface area (TPSA) is 26.3 Å². The summed E-state index contributed by atoms with van der Waals surface area (Å²) in [6, 6.07) is 0. The molecule has 0 saturated carbocycles. The molecule has 0 aliphatic rings. The molecule has 0 radical (unpaired) electrons. The van der Waals surface area contributed by atoms with E-state index in [1.54, 1.807) is 0 Å². The van der Waals surface area contributed by atoms with E-state index in [2.05, 4.69) is 10.7 Å². The molecular weight excluding hydrogens is 115 g/mol. The van der Waals surface area contributed by atoms with Crippen molar-refractivity contribution in [2.75, 3.05) is 6.61 Å². The third-order valence-corrected chi connectivity index (χ3v) is 0.424. The third kappa shape index (κ3) is 5.32. The van der Waals surface area contributed by atoms with Gasteiger partial charge in [0.05, 0.1) is 0 Å². The Morgan fingerprint density at radius 1 is 1.86 bits per heavy atom. The van der Waals surface area contributed by atoms with Gasteiger partial charge in [0.25, 0.3) is 6.47 Å². The summed E-state index contributed by atoms with van der Waals surface area (Å²) in [5.74, 6) is 2.31. The first-order chi connectivity index (χ1) is 3.41. The Labute approximate surface area is 46.4 Å². The molecule has 0 amide bonds. The van der Waals surface area contributed by atoms with Gasteiger partial charge >= 0.3 is 0 Å². The Morgan fingerprint density at radius 2 is 2.57 bits per heavy atom. The lowest BCUT2D eigenvalue weighted by Crippen LogP contribution is -1.84. The van der Waals surface area contributed by atoms with Gasteiger partial charge in [-0.2, -0.15) is 0 Å². The molecule has 38 valence electrons. The van der Waals surface area contributed by atoms with Gasteiger partial charge in [-0.25, -0.2) is 0 Å². The second kappa shape index (κ2) is 5.32. The van der Waals surface area contributed by atoms with Crippen molar-refractivity contribution in [3.63, 3.8) is 0 Å². The highest BCUT2D eigenvalue weighted by molar-refractivity contribution is 6.30. The molecular formula is C4H3ClO2. The minimum absolute atomic E-state index is 0.0764. The van der Waals surface area contributed by atoms with Gasteiger partial charge in [-0.15, -0.1) is 0 Å². The molecule has 0 bridgehead atoms. The number of ether oxygens (including phenoxy) is 1. The van der Waals surface area contributed by atoms with Crippen LogP contribution in [0.1, 0.15) is 0 Å². The molecule has 0 atom stereocenters. The van der Waals surface area contributed by atoms with Crippen LogP contribution in [-0.4, -0.2) is 13.1 Å². The summed E-state index contributed by atoms with van der Waals surface area (Å²) < 4.78 is 4.14. The highest BCUT2D eigenvalue weighted by atomic mass is 35.5. The lowest BCUT2D eigenvalue weighted by atomic mass is 10.8. The molecule has 0 aliphatic carbocycles. The standard InChI is InChI=1S/C4H3ClO2/c5-2-1-3-7-4-6/h4H,3H2. The molecule has 0 saturated heterocycles. The highest BCUT2D eigenvalue weighted by Gasteiger charge is 1.68. The van der Waals surface area contributed by atoms with Crippen LogP contribution in [0.4, 0.5) is 0 Å². The smallest absolute Gasteiger partial charge is 0.294 e. The Bertz CT molecular complexity index is 100.0. The molecule has 0 aromatic carbocycles. The lowest BCUT2D eigenvalue weighted by molar-refractivity contribution is -0.127. The minimum Gasteiger partial charge on any atom is -0.455 e. The number of halogens is 1. The van der Waals surface area contributed by atoms with E-state index in [4.69, 9.17) is 11.6 Å². The van der Waals surface area contributed by atoms with Crippen LogP contribution in [0, 0.1) is 11.3 Å². The highest BCUT2D eigenvalue weighted by Crippen LogP contribution is 1.64. The van der Waals surface area contributed by atoms with Gasteiger partial charge in [-0.05, 0) is 17.5 Å². The van der Waals surface area contributed by atoms with Crippen LogP contribution in [-0.2, 0) is 9.53 Å². The fraction of sp³-hybridized carbons (Fsp3) is 0.250. The summed E-state index contributed by atoms with van der Waals surface area (Å²) in [5, 5.41) is 2.04. The van der Waals surface area contributed by atoms with E-state index in [1.165, 1.54) is 0 Å². The van der Waals surface area contributed by atoms with Crippen molar-refractivity contribution in [3.8, 4) is 11.3 Å². The summed E-state index contributed by atoms with van der Waals surface area (Å²) in [6.07, 6.45) is 0. The molecule has 0 spiro atoms. The Hall–Kier alpha value is -0.680. The molecule has 0 N–H and O–H groups in total. The molecule has 0 unspecified atom stereocenters. The van der Waals surface area contributed by atoms with Gasteiger partial charge in [0.1, 0.15) is 0 Å². The number of hydrogen-bond acceptors (Lipinski definition) is 2. The van der Waals surface area contributed by atoms with Gasteiger partial charge in [0.15, 0.2) is 6.61 Å². The maximum Gasteiger partial charge on any atom is 0.294 e. The molecule has 0 fully saturated rings. The largest absolute Gasteiger partial charge is 0.455 e. The van der Waals surface area contributed by atoms with Gasteiger partial charge in [0, 0.05) is 5.38 Å². The predicted octanol–water partition coefficient (Wildman–Crippen LogP) is 0.359. The fourth-order valence-electron chi connectivity index (χ4n) is 0.103. The van der Waals surface area contributed by atoms with E-state index in [1.807, 2.05) is 5.38 Å². The zero-order valence-corrected chi connectivity index (χ0v) is 4.23. The second-order valence-corrected chi connectivity index (χ2v) is 0.867. The third-order valence-electron chi connectivity index (χ3n) is 0.290. The Balaban J connectivity index is 2.92. The molecule has 0 aromatic rings. The van der Waals surface area contributed by atoms with Crippen molar-refractivity contribution in [1.29, 1.82) is 0 Å². The molecule has 0 heterocycles. The van der Waals surface area contributed by atoms with Gasteiger partial charge in [-0.1, -0.05) is 0 Å². The molecule has 2 nitrogen and oxygen atoms in total. The first-order valence-corrected chi connectivity index (χ1v) is 1.93. The van der Waals surface area contributed by atoms with Crippen molar-refractivity contribution in [2.45, 2.75) is 0 Å². The van der Waals surface area contributed by atoms with Crippen molar-refractivity contribution in [3.05, 3.63) is 0 Å². The van der Waals surface area contributed by atoms with Crippen LogP contribution >= 0.6 is 11.6 Å². The van der Waals surface area contributed by atoms with Gasteiger partial charge < -0.3 is 4.74 Å². The van der Waals surface area contributed by atoms with Crippen molar-refractivity contribution in [1.82, 2.24) is 0 Å². The van der Waals surface area contributed by atoms with E-state index in [-0.39, 0.29) is 6.61 Å². The van der Waals surface area contributed by atoms with Crippen LogP contribution in [0.25, 0.3) is 0 Å². The zero-order valence-electron chi connectivity index (χ0n) is 3.48. The van der Waals surface area contributed by atoms with E-state index >= 15 is 0 Å². The van der Waals surface area contributed by atoms with Crippen molar-refractivity contribution < 1.29 is 9.53 Å². The van der Waals surface area contributed by atoms with Crippen molar-refractivity contribution in [2.24, 2.45) is 0 Å². The van der Waals surface area contributed by atoms with Gasteiger partial charge in [-0.3, -0.25) is 4.79 Å². The predicted molar refractivity (Wildman–Crippen MR) is 25.6 cm³/mol. The van der Waals surface area contributed by atoms with E-state index < -0.39 is 0 Å². The maximum absolute atomic E-state index is 9.35. The van der Waals surface area contributed by atoms with E-state index in [0.29, 0.717) is 6.47 Å². The van der Waals surface area contributed by atoms with Crippen LogP contribution < -0.4 is 0 Å². The number of carbonyl (C=O) groups excluding carboxylic acids is 1. The van der Waals surface area contributed by atoms with Crippen LogP contribution in [0.5, 0.6) is 0 Å². The fourth-order valence-corrected chi connectivity index (χ4v) is 0.158. The van der Waals surface area contributed by atoms with E-state index in [9.17, 15) is 4.79 Å². The monoisotopic (exact) mass is 118 g/mol. The summed E-state index contributed by atoms with van der Waals surface area (Å²) in [5.41, 5.74) is 0. The summed E-state index contributed by atoms with van der Waals surface area (Å²) in [7, 11) is 0. The van der Waals surface area contributed by atoms with E-state index in [0.717, 1.165) is 0 Å². The summed E-state index contributed by atoms with van der Waals surface area (Å²) >= 11 is 4.88. The SMILES string of the molecule is O=COCC#CCl. The quantitative estimate of drug-likeness (QED) is 0.297. The normalized spacial score (nSPS) is 5.86. The first kappa shape index (κ1) is 6.32. The van der Waals surface area contributed by atoms with Crippen LogP contribution in [0.3, 0.4) is 0 Å².